The van der Waals surface area contributed by atoms with Gasteiger partial charge in [0.25, 0.3) is 0 Å². The van der Waals surface area contributed by atoms with Crippen LogP contribution in [0.15, 0.2) is 188 Å². The van der Waals surface area contributed by atoms with Gasteiger partial charge in [-0.1, -0.05) is 145 Å². The van der Waals surface area contributed by atoms with Crippen molar-refractivity contribution in [1.82, 2.24) is 8.80 Å². The van der Waals surface area contributed by atoms with Crippen LogP contribution >= 0.6 is 0 Å². The molecule has 4 heteroatoms. The van der Waals surface area contributed by atoms with Crippen LogP contribution in [0.3, 0.4) is 0 Å². The predicted octanol–water partition coefficient (Wildman–Crippen LogP) is 11.8. The van der Waals surface area contributed by atoms with Gasteiger partial charge in [0.2, 0.25) is 6.71 Å². The van der Waals surface area contributed by atoms with Crippen LogP contribution in [0.2, 0.25) is 0 Å². The van der Waals surface area contributed by atoms with Crippen molar-refractivity contribution in [2.45, 2.75) is 5.92 Å². The van der Waals surface area contributed by atoms with Crippen molar-refractivity contribution in [3.8, 4) is 0 Å². The molecule has 3 nitrogen and oxygen atoms in total. The second-order valence-corrected chi connectivity index (χ2v) is 16.7. The van der Waals surface area contributed by atoms with E-state index in [-0.39, 0.29) is 12.6 Å². The van der Waals surface area contributed by atoms with E-state index in [9.17, 15) is 0 Å². The van der Waals surface area contributed by atoms with Crippen molar-refractivity contribution in [3.05, 3.63) is 205 Å². The summed E-state index contributed by atoms with van der Waals surface area (Å²) in [5, 5.41) is 10.6. The lowest BCUT2D eigenvalue weighted by Gasteiger charge is -2.43. The first-order valence-electron chi connectivity index (χ1n) is 20.8. The van der Waals surface area contributed by atoms with Crippen LogP contribution in [0.5, 0.6) is 0 Å². The molecule has 4 aromatic heterocycles. The SMILES string of the molecule is c1ccc(C2c3cccc4c3B(c3cc5c(cc3N4c3ccccc3)c3cccc4c6ccccc6n5c43)c3cc4c5ccccc5n5c6ccccc6c(c32)c45)cc1. The van der Waals surface area contributed by atoms with E-state index in [4.69, 9.17) is 0 Å². The van der Waals surface area contributed by atoms with Gasteiger partial charge >= 0.3 is 0 Å². The standard InChI is InChI=1S/C55H32BN3/c1-3-15-32(16-4-1)50-39-24-14-28-47-53(39)56(43-29-41-35-20-8-11-26-45(35)58-46-27-12-9-21-38(46)51(52(43)50)55(41)58)42-31-48-40(30-49(42)57(47)33-17-5-2-6-18-33)37-23-13-22-36-34-19-7-10-25-44(34)59(48)54(36)37/h1-31,50H. The summed E-state index contributed by atoms with van der Waals surface area (Å²) in [6.07, 6.45) is 0. The minimum atomic E-state index is 0.00739. The largest absolute Gasteiger partial charge is 0.311 e. The summed E-state index contributed by atoms with van der Waals surface area (Å²) in [6, 6.07) is 71.0. The monoisotopic (exact) mass is 745 g/mol. The van der Waals surface area contributed by atoms with Crippen LogP contribution in [0, 0.1) is 0 Å². The van der Waals surface area contributed by atoms with Gasteiger partial charge in [-0.2, -0.15) is 0 Å². The summed E-state index contributed by atoms with van der Waals surface area (Å²) in [5.41, 5.74) is 19.7. The average molecular weight is 746 g/mol. The van der Waals surface area contributed by atoms with Crippen LogP contribution in [0.1, 0.15) is 22.6 Å². The van der Waals surface area contributed by atoms with Gasteiger partial charge in [0.05, 0.1) is 33.1 Å². The summed E-state index contributed by atoms with van der Waals surface area (Å²) >= 11 is 0. The molecule has 1 unspecified atom stereocenters. The third-order valence-electron chi connectivity index (χ3n) is 14.1. The Balaban J connectivity index is 1.17. The fourth-order valence-electron chi connectivity index (χ4n) is 12.0. The number of fused-ring (bicyclic) bond motifs is 17. The Hall–Kier alpha value is -7.56. The van der Waals surface area contributed by atoms with Crippen molar-refractivity contribution < 1.29 is 0 Å². The Morgan fingerprint density at radius 1 is 0.390 bits per heavy atom. The highest BCUT2D eigenvalue weighted by Gasteiger charge is 2.45. The third kappa shape index (κ3) is 3.60. The van der Waals surface area contributed by atoms with Crippen molar-refractivity contribution >= 4 is 116 Å². The van der Waals surface area contributed by atoms with Gasteiger partial charge in [0.1, 0.15) is 0 Å². The summed E-state index contributed by atoms with van der Waals surface area (Å²) in [5.74, 6) is 0.0419. The molecule has 2 aliphatic rings. The van der Waals surface area contributed by atoms with E-state index in [1.54, 1.807) is 0 Å². The first kappa shape index (κ1) is 30.6. The number of hydrogen-bond acceptors (Lipinski definition) is 1. The molecular weight excluding hydrogens is 713 g/mol. The maximum Gasteiger partial charge on any atom is 0.247 e. The minimum Gasteiger partial charge on any atom is -0.311 e. The van der Waals surface area contributed by atoms with E-state index < -0.39 is 0 Å². The number of benzene rings is 9. The highest BCUT2D eigenvalue weighted by molar-refractivity contribution is 6.99. The maximum absolute atomic E-state index is 2.60. The molecule has 59 heavy (non-hydrogen) atoms. The van der Waals surface area contributed by atoms with E-state index in [1.807, 2.05) is 0 Å². The second kappa shape index (κ2) is 10.7. The van der Waals surface area contributed by atoms with Gasteiger partial charge in [0.15, 0.2) is 0 Å². The maximum atomic E-state index is 2.60. The Morgan fingerprint density at radius 2 is 0.983 bits per heavy atom. The molecule has 6 heterocycles. The average Bonchev–Trinajstić information content (AvgIpc) is 4.02. The Labute approximate surface area is 339 Å². The lowest BCUT2D eigenvalue weighted by atomic mass is 9.31. The molecule has 0 bridgehead atoms. The predicted molar refractivity (Wildman–Crippen MR) is 249 cm³/mol. The van der Waals surface area contributed by atoms with E-state index >= 15 is 0 Å². The number of nitrogens with zero attached hydrogens (tertiary/aromatic N) is 3. The smallest absolute Gasteiger partial charge is 0.247 e. The Kier molecular flexibility index (Phi) is 5.53. The molecule has 0 saturated heterocycles. The van der Waals surface area contributed by atoms with Crippen LogP contribution in [-0.4, -0.2) is 15.5 Å². The molecule has 1 atom stereocenters. The van der Waals surface area contributed by atoms with Crippen LogP contribution in [-0.2, 0) is 0 Å². The number of hydrogen-bond donors (Lipinski definition) is 0. The highest BCUT2D eigenvalue weighted by Crippen LogP contribution is 2.49. The van der Waals surface area contributed by atoms with E-state index in [0.29, 0.717) is 0 Å². The molecule has 0 aliphatic carbocycles. The molecule has 13 aromatic rings. The number of aromatic nitrogens is 2. The zero-order valence-electron chi connectivity index (χ0n) is 31.9. The van der Waals surface area contributed by atoms with Crippen molar-refractivity contribution in [1.29, 1.82) is 0 Å². The fraction of sp³-hybridized carbons (Fsp3) is 0.0182. The minimum absolute atomic E-state index is 0.00739. The van der Waals surface area contributed by atoms with E-state index in [1.165, 1.54) is 126 Å². The molecule has 0 fully saturated rings. The zero-order chi connectivity index (χ0) is 38.1. The van der Waals surface area contributed by atoms with Crippen molar-refractivity contribution in [3.63, 3.8) is 0 Å². The molecule has 0 saturated carbocycles. The quantitative estimate of drug-likeness (QED) is 0.161. The van der Waals surface area contributed by atoms with Crippen molar-refractivity contribution in [2.24, 2.45) is 0 Å². The van der Waals surface area contributed by atoms with Crippen LogP contribution in [0.25, 0.3) is 76.2 Å². The number of para-hydroxylation sites is 5. The van der Waals surface area contributed by atoms with Crippen molar-refractivity contribution in [2.75, 3.05) is 4.90 Å². The number of rotatable bonds is 2. The molecular formula is C55H32BN3. The summed E-state index contributed by atoms with van der Waals surface area (Å²) < 4.78 is 5.09. The van der Waals surface area contributed by atoms with Gasteiger partial charge in [-0.3, -0.25) is 0 Å². The topological polar surface area (TPSA) is 12.1 Å². The molecule has 270 valence electrons. The number of anilines is 3. The van der Waals surface area contributed by atoms with Gasteiger partial charge in [-0.25, -0.2) is 0 Å². The van der Waals surface area contributed by atoms with Gasteiger partial charge in [0, 0.05) is 66.1 Å². The Morgan fingerprint density at radius 3 is 1.75 bits per heavy atom. The molecule has 0 spiro atoms. The fourth-order valence-corrected chi connectivity index (χ4v) is 12.0. The first-order chi connectivity index (χ1) is 29.3. The summed E-state index contributed by atoms with van der Waals surface area (Å²) in [7, 11) is 0. The second-order valence-electron chi connectivity index (χ2n) is 16.7. The molecule has 15 rings (SSSR count). The van der Waals surface area contributed by atoms with Gasteiger partial charge in [-0.15, -0.1) is 0 Å². The summed E-state index contributed by atoms with van der Waals surface area (Å²) in [4.78, 5) is 2.56. The Bertz CT molecular complexity index is 3920. The molecule has 0 amide bonds. The normalized spacial score (nSPS) is 14.9. The lowest BCUT2D eigenvalue weighted by Crippen LogP contribution is -2.62. The molecule has 0 radical (unpaired) electrons. The zero-order valence-corrected chi connectivity index (χ0v) is 31.9. The molecule has 9 aromatic carbocycles. The van der Waals surface area contributed by atoms with E-state index in [0.717, 1.165) is 0 Å². The van der Waals surface area contributed by atoms with Crippen LogP contribution < -0.4 is 21.3 Å². The molecule has 2 aliphatic heterocycles. The highest BCUT2D eigenvalue weighted by atomic mass is 15.2. The third-order valence-corrected chi connectivity index (χ3v) is 14.1. The van der Waals surface area contributed by atoms with Gasteiger partial charge in [-0.05, 0) is 76.1 Å². The van der Waals surface area contributed by atoms with Crippen LogP contribution in [0.4, 0.5) is 17.1 Å². The van der Waals surface area contributed by atoms with Gasteiger partial charge < -0.3 is 13.7 Å². The summed E-state index contributed by atoms with van der Waals surface area (Å²) in [6.45, 7) is 0.00739. The lowest BCUT2D eigenvalue weighted by molar-refractivity contribution is 0.997. The van der Waals surface area contributed by atoms with E-state index in [2.05, 4.69) is 202 Å². The first-order valence-corrected chi connectivity index (χ1v) is 20.8. The molecule has 0 N–H and O–H groups in total.